The summed E-state index contributed by atoms with van der Waals surface area (Å²) >= 11 is 7.91. The van der Waals surface area contributed by atoms with Crippen LogP contribution >= 0.6 is 22.9 Å². The fourth-order valence-electron chi connectivity index (χ4n) is 5.62. The van der Waals surface area contributed by atoms with Crippen molar-refractivity contribution in [3.05, 3.63) is 103 Å². The molecule has 184 valence electrons. The van der Waals surface area contributed by atoms with E-state index in [1.165, 1.54) is 34.6 Å². The number of nitro groups is 1. The Hall–Kier alpha value is -3.22. The molecule has 1 amide bonds. The summed E-state index contributed by atoms with van der Waals surface area (Å²) in [4.78, 5) is 27.3. The number of fused-ring (bicyclic) bond motifs is 2. The third kappa shape index (κ3) is 3.80. The van der Waals surface area contributed by atoms with Crippen molar-refractivity contribution < 1.29 is 9.72 Å². The number of rotatable bonds is 3. The van der Waals surface area contributed by atoms with Crippen LogP contribution in [-0.2, 0) is 5.41 Å². The van der Waals surface area contributed by atoms with Crippen molar-refractivity contribution in [1.29, 1.82) is 0 Å². The number of benzene rings is 3. The highest BCUT2D eigenvalue weighted by Crippen LogP contribution is 2.52. The number of thiophene rings is 1. The van der Waals surface area contributed by atoms with Crippen LogP contribution < -0.4 is 4.90 Å². The number of nitrogens with zero attached hydrogens (tertiary/aromatic N) is 2. The van der Waals surface area contributed by atoms with Gasteiger partial charge in [0, 0.05) is 38.9 Å². The second kappa shape index (κ2) is 8.43. The number of nitro benzene ring substituents is 1. The number of hydrogen-bond donors (Lipinski definition) is 0. The van der Waals surface area contributed by atoms with Gasteiger partial charge in [0.1, 0.15) is 4.88 Å². The molecule has 0 saturated carbocycles. The molecule has 1 aliphatic rings. The van der Waals surface area contributed by atoms with Crippen molar-refractivity contribution >= 4 is 50.3 Å². The molecule has 0 saturated heterocycles. The van der Waals surface area contributed by atoms with E-state index in [0.717, 1.165) is 23.2 Å². The Morgan fingerprint density at radius 3 is 2.33 bits per heavy atom. The van der Waals surface area contributed by atoms with Crippen molar-refractivity contribution in [3.63, 3.8) is 0 Å². The first-order valence-electron chi connectivity index (χ1n) is 11.8. The normalized spacial score (nSPS) is 18.8. The smallest absolute Gasteiger partial charge is 0.270 e. The molecule has 0 fully saturated rings. The molecule has 5 rings (SSSR count). The number of hydrogen-bond acceptors (Lipinski definition) is 4. The molecule has 0 radical (unpaired) electrons. The van der Waals surface area contributed by atoms with Gasteiger partial charge in [-0.3, -0.25) is 14.9 Å². The largest absolute Gasteiger partial charge is 0.302 e. The number of amides is 1. The maximum Gasteiger partial charge on any atom is 0.270 e. The molecule has 1 aliphatic heterocycles. The Bertz CT molecular complexity index is 1540. The number of aryl methyl sites for hydroxylation is 2. The first-order chi connectivity index (χ1) is 16.9. The molecule has 5 nitrogen and oxygen atoms in total. The molecule has 0 aliphatic carbocycles. The predicted octanol–water partition coefficient (Wildman–Crippen LogP) is 8.21. The summed E-state index contributed by atoms with van der Waals surface area (Å²) in [6.45, 7) is 10.6. The van der Waals surface area contributed by atoms with Crippen LogP contribution in [0, 0.1) is 24.0 Å². The molecule has 3 aromatic carbocycles. The topological polar surface area (TPSA) is 63.5 Å². The quantitative estimate of drug-likeness (QED) is 0.203. The maximum atomic E-state index is 14.2. The van der Waals surface area contributed by atoms with E-state index >= 15 is 0 Å². The van der Waals surface area contributed by atoms with E-state index in [1.807, 2.05) is 17.0 Å². The first kappa shape index (κ1) is 24.5. The Morgan fingerprint density at radius 1 is 1.00 bits per heavy atom. The third-order valence-electron chi connectivity index (χ3n) is 7.29. The molecule has 7 heteroatoms. The molecule has 0 N–H and O–H groups in total. The highest BCUT2D eigenvalue weighted by atomic mass is 35.5. The van der Waals surface area contributed by atoms with Crippen LogP contribution in [0.2, 0.25) is 5.02 Å². The summed E-state index contributed by atoms with van der Waals surface area (Å²) in [7, 11) is 0. The number of carbonyl (C=O) groups excluding carboxylic acids is 1. The van der Waals surface area contributed by atoms with Gasteiger partial charge in [0.15, 0.2) is 0 Å². The molecule has 36 heavy (non-hydrogen) atoms. The Balaban J connectivity index is 1.68. The van der Waals surface area contributed by atoms with E-state index in [-0.39, 0.29) is 17.0 Å². The van der Waals surface area contributed by atoms with Gasteiger partial charge in [0.05, 0.1) is 9.95 Å². The van der Waals surface area contributed by atoms with E-state index in [1.54, 1.807) is 6.07 Å². The summed E-state index contributed by atoms with van der Waals surface area (Å²) < 4.78 is 0.626. The minimum Gasteiger partial charge on any atom is -0.302 e. The monoisotopic (exact) mass is 518 g/mol. The van der Waals surface area contributed by atoms with Crippen LogP contribution in [0.25, 0.3) is 10.1 Å². The van der Waals surface area contributed by atoms with Crippen LogP contribution in [0.3, 0.4) is 0 Å². The van der Waals surface area contributed by atoms with Crippen molar-refractivity contribution in [2.45, 2.75) is 52.0 Å². The van der Waals surface area contributed by atoms with E-state index in [2.05, 4.69) is 65.0 Å². The van der Waals surface area contributed by atoms with Gasteiger partial charge in [-0.05, 0) is 57.4 Å². The fourth-order valence-corrected chi connectivity index (χ4v) is 7.10. The summed E-state index contributed by atoms with van der Waals surface area (Å²) in [6, 6.07) is 19.4. The zero-order valence-electron chi connectivity index (χ0n) is 20.9. The molecule has 0 bridgehead atoms. The van der Waals surface area contributed by atoms with Crippen LogP contribution in [0.1, 0.15) is 59.1 Å². The number of carbonyl (C=O) groups is 1. The Kier molecular flexibility index (Phi) is 5.73. The molecular weight excluding hydrogens is 492 g/mol. The fraction of sp³-hybridized carbons (Fsp3) is 0.276. The predicted molar refractivity (Wildman–Crippen MR) is 148 cm³/mol. The van der Waals surface area contributed by atoms with Crippen molar-refractivity contribution in [2.75, 3.05) is 4.90 Å². The summed E-state index contributed by atoms with van der Waals surface area (Å²) in [5.74, 6) is -0.190. The van der Waals surface area contributed by atoms with Crippen LogP contribution in [0.15, 0.2) is 60.7 Å². The van der Waals surface area contributed by atoms with E-state index < -0.39 is 10.5 Å². The van der Waals surface area contributed by atoms with E-state index in [4.69, 9.17) is 11.6 Å². The molecule has 4 aromatic rings. The lowest BCUT2D eigenvalue weighted by Crippen LogP contribution is -2.55. The zero-order valence-corrected chi connectivity index (χ0v) is 22.5. The van der Waals surface area contributed by atoms with E-state index in [9.17, 15) is 14.9 Å². The van der Waals surface area contributed by atoms with Gasteiger partial charge < -0.3 is 4.90 Å². The number of anilines is 1. The van der Waals surface area contributed by atoms with E-state index in [0.29, 0.717) is 20.0 Å². The van der Waals surface area contributed by atoms with Crippen molar-refractivity contribution in [1.82, 2.24) is 0 Å². The average Bonchev–Trinajstić information content (AvgIpc) is 3.15. The molecule has 0 spiro atoms. The lowest BCUT2D eigenvalue weighted by molar-refractivity contribution is -0.384. The summed E-state index contributed by atoms with van der Waals surface area (Å²) in [5, 5.41) is 12.3. The molecule has 1 atom stereocenters. The van der Waals surface area contributed by atoms with Gasteiger partial charge in [-0.2, -0.15) is 0 Å². The lowest BCUT2D eigenvalue weighted by Gasteiger charge is -2.51. The summed E-state index contributed by atoms with van der Waals surface area (Å²) in [5.41, 5.74) is 4.69. The zero-order chi connectivity index (χ0) is 26.0. The van der Waals surface area contributed by atoms with Gasteiger partial charge in [0.2, 0.25) is 0 Å². The number of halogens is 1. The van der Waals surface area contributed by atoms with Gasteiger partial charge in [-0.25, -0.2) is 0 Å². The lowest BCUT2D eigenvalue weighted by atomic mass is 9.65. The standard InChI is InChI=1S/C29H27ClN2O3S/c1-17-6-9-19(10-7-17)29(5)16-28(3,4)31(23-13-8-18(2)14-22(23)29)27(33)26-25(30)21-12-11-20(32(34)35)15-24(21)36-26/h6-15H,16H2,1-5H3. The SMILES string of the molecule is Cc1ccc(C2(C)CC(C)(C)N(C(=O)c3sc4cc([N+](=O)[O-])ccc4c3Cl)c3ccc(C)cc32)cc1. The highest BCUT2D eigenvalue weighted by Gasteiger charge is 2.48. The summed E-state index contributed by atoms with van der Waals surface area (Å²) in [6.07, 6.45) is 0.721. The van der Waals surface area contributed by atoms with Gasteiger partial charge in [-0.15, -0.1) is 11.3 Å². The molecule has 1 aromatic heterocycles. The van der Waals surface area contributed by atoms with Crippen LogP contribution in [-0.4, -0.2) is 16.4 Å². The number of non-ortho nitro benzene ring substituents is 1. The molecule has 1 unspecified atom stereocenters. The minimum absolute atomic E-state index is 0.0209. The van der Waals surface area contributed by atoms with Crippen molar-refractivity contribution in [3.8, 4) is 0 Å². The Labute approximate surface area is 219 Å². The van der Waals surface area contributed by atoms with Crippen LogP contribution in [0.4, 0.5) is 11.4 Å². The maximum absolute atomic E-state index is 14.2. The van der Waals surface area contributed by atoms with Gasteiger partial charge in [0.25, 0.3) is 11.6 Å². The third-order valence-corrected chi connectivity index (χ3v) is 8.93. The highest BCUT2D eigenvalue weighted by molar-refractivity contribution is 7.21. The Morgan fingerprint density at radius 2 is 1.67 bits per heavy atom. The second-order valence-corrected chi connectivity index (χ2v) is 12.0. The van der Waals surface area contributed by atoms with Crippen molar-refractivity contribution in [2.24, 2.45) is 0 Å². The minimum atomic E-state index is -0.523. The molecule has 2 heterocycles. The second-order valence-electron chi connectivity index (χ2n) is 10.5. The first-order valence-corrected chi connectivity index (χ1v) is 13.0. The molecular formula is C29H27ClN2O3S. The van der Waals surface area contributed by atoms with Gasteiger partial charge in [-0.1, -0.05) is 66.0 Å². The average molecular weight is 519 g/mol. The van der Waals surface area contributed by atoms with Crippen LogP contribution in [0.5, 0.6) is 0 Å². The van der Waals surface area contributed by atoms with Gasteiger partial charge >= 0.3 is 0 Å².